The van der Waals surface area contributed by atoms with Gasteiger partial charge in [-0.25, -0.2) is 15.2 Å². The van der Waals surface area contributed by atoms with Gasteiger partial charge in [0, 0.05) is 0 Å². The van der Waals surface area contributed by atoms with Gasteiger partial charge in [0.2, 0.25) is 0 Å². The average molecular weight is 246 g/mol. The van der Waals surface area contributed by atoms with E-state index in [1.807, 2.05) is 20.8 Å². The van der Waals surface area contributed by atoms with Crippen molar-refractivity contribution in [2.24, 2.45) is 5.10 Å². The van der Waals surface area contributed by atoms with Crippen molar-refractivity contribution in [3.8, 4) is 0 Å². The molecular weight excluding hydrogens is 228 g/mol. The second-order valence-corrected chi connectivity index (χ2v) is 4.74. The molecule has 0 saturated carbocycles. The topological polar surface area (TPSA) is 56.7 Å². The lowest BCUT2D eigenvalue weighted by Gasteiger charge is -2.28. The molecule has 0 fully saturated rings. The number of hydrogen-bond donors (Lipinski definition) is 2. The van der Waals surface area contributed by atoms with Gasteiger partial charge in [-0.2, -0.15) is 5.10 Å². The van der Waals surface area contributed by atoms with Gasteiger partial charge in [-0.3, -0.25) is 5.43 Å². The molecule has 0 spiro atoms. The van der Waals surface area contributed by atoms with E-state index in [0.29, 0.717) is 6.54 Å². The summed E-state index contributed by atoms with van der Waals surface area (Å²) in [6.07, 6.45) is 0. The Bertz CT molecular complexity index is 499. The quantitative estimate of drug-likeness (QED) is 0.841. The van der Waals surface area contributed by atoms with E-state index in [0.717, 1.165) is 22.5 Å². The van der Waals surface area contributed by atoms with Gasteiger partial charge in [0.15, 0.2) is 0 Å². The van der Waals surface area contributed by atoms with Gasteiger partial charge in [-0.05, 0) is 38.8 Å². The van der Waals surface area contributed by atoms with Crippen LogP contribution in [0.2, 0.25) is 0 Å². The zero-order valence-electron chi connectivity index (χ0n) is 11.2. The number of amides is 2. The molecule has 2 rings (SSSR count). The van der Waals surface area contributed by atoms with Crippen LogP contribution in [0, 0.1) is 20.8 Å². The molecule has 5 heteroatoms. The third-order valence-electron chi connectivity index (χ3n) is 2.90. The van der Waals surface area contributed by atoms with E-state index in [9.17, 15) is 4.79 Å². The Labute approximate surface area is 107 Å². The second kappa shape index (κ2) is 4.68. The van der Waals surface area contributed by atoms with Crippen LogP contribution in [0.25, 0.3) is 0 Å². The summed E-state index contributed by atoms with van der Waals surface area (Å²) >= 11 is 0. The van der Waals surface area contributed by atoms with Crippen LogP contribution < -0.4 is 10.9 Å². The molecule has 18 heavy (non-hydrogen) atoms. The van der Waals surface area contributed by atoms with Gasteiger partial charge in [0.25, 0.3) is 0 Å². The minimum atomic E-state index is -0.236. The standard InChI is InChI=1S/C13H18N4O/c1-8-5-9(2)12(10(3)6-8)16-17-7-11(4)14-15-13(17)18/h5-6,16H,7H2,1-4H3,(H,15,18). The Morgan fingerprint density at radius 2 is 1.83 bits per heavy atom. The van der Waals surface area contributed by atoms with Gasteiger partial charge in [-0.1, -0.05) is 17.7 Å². The molecule has 1 aliphatic heterocycles. The number of hydrazone groups is 1. The Morgan fingerprint density at radius 3 is 2.44 bits per heavy atom. The second-order valence-electron chi connectivity index (χ2n) is 4.74. The Kier molecular flexibility index (Phi) is 3.23. The number of anilines is 1. The minimum Gasteiger partial charge on any atom is -0.294 e. The lowest BCUT2D eigenvalue weighted by molar-refractivity contribution is 0.211. The summed E-state index contributed by atoms with van der Waals surface area (Å²) in [4.78, 5) is 11.7. The van der Waals surface area contributed by atoms with Crippen LogP contribution in [0.15, 0.2) is 17.2 Å². The molecule has 0 saturated heterocycles. The maximum atomic E-state index is 11.7. The average Bonchev–Trinajstić information content (AvgIpc) is 2.28. The summed E-state index contributed by atoms with van der Waals surface area (Å²) in [6, 6.07) is 3.95. The Hall–Kier alpha value is -2.04. The predicted molar refractivity (Wildman–Crippen MR) is 72.6 cm³/mol. The van der Waals surface area contributed by atoms with Crippen molar-refractivity contribution in [3.05, 3.63) is 28.8 Å². The van der Waals surface area contributed by atoms with E-state index in [-0.39, 0.29) is 6.03 Å². The van der Waals surface area contributed by atoms with Gasteiger partial charge >= 0.3 is 6.03 Å². The van der Waals surface area contributed by atoms with Crippen molar-refractivity contribution in [2.75, 3.05) is 12.0 Å². The molecule has 1 aromatic rings. The summed E-state index contributed by atoms with van der Waals surface area (Å²) in [5.74, 6) is 0. The first-order valence-corrected chi connectivity index (χ1v) is 5.92. The highest BCUT2D eigenvalue weighted by Gasteiger charge is 2.19. The normalized spacial score (nSPS) is 15.2. The summed E-state index contributed by atoms with van der Waals surface area (Å²) in [7, 11) is 0. The molecule has 0 radical (unpaired) electrons. The molecule has 5 nitrogen and oxygen atoms in total. The number of aryl methyl sites for hydroxylation is 3. The molecule has 0 atom stereocenters. The smallest absolute Gasteiger partial charge is 0.294 e. The molecule has 0 aliphatic carbocycles. The number of carbonyl (C=O) groups is 1. The minimum absolute atomic E-state index is 0.236. The third-order valence-corrected chi connectivity index (χ3v) is 2.90. The summed E-state index contributed by atoms with van der Waals surface area (Å²) in [5, 5.41) is 5.43. The molecule has 96 valence electrons. The van der Waals surface area contributed by atoms with Gasteiger partial charge in [-0.15, -0.1) is 0 Å². The Morgan fingerprint density at radius 1 is 1.22 bits per heavy atom. The summed E-state index contributed by atoms with van der Waals surface area (Å²) in [6.45, 7) is 8.49. The van der Waals surface area contributed by atoms with Crippen LogP contribution in [0.4, 0.5) is 10.5 Å². The number of hydrogen-bond acceptors (Lipinski definition) is 3. The summed E-state index contributed by atoms with van der Waals surface area (Å²) < 4.78 is 0. The number of benzene rings is 1. The van der Waals surface area contributed by atoms with Crippen LogP contribution in [0.3, 0.4) is 0 Å². The fraction of sp³-hybridized carbons (Fsp3) is 0.385. The number of nitrogens with one attached hydrogen (secondary N) is 2. The zero-order chi connectivity index (χ0) is 13.3. The first-order valence-electron chi connectivity index (χ1n) is 5.92. The SMILES string of the molecule is CC1=NNC(=O)N(Nc2c(C)cc(C)cc2C)C1. The predicted octanol–water partition coefficient (Wildman–Crippen LogP) is 2.34. The Balaban J connectivity index is 2.24. The van der Waals surface area contributed by atoms with E-state index in [1.54, 1.807) is 0 Å². The van der Waals surface area contributed by atoms with Crippen molar-refractivity contribution in [2.45, 2.75) is 27.7 Å². The molecule has 0 aromatic heterocycles. The number of carbonyl (C=O) groups excluding carboxylic acids is 1. The molecular formula is C13H18N4O. The summed E-state index contributed by atoms with van der Waals surface area (Å²) in [5.41, 5.74) is 10.9. The monoisotopic (exact) mass is 246 g/mol. The van der Waals surface area contributed by atoms with Gasteiger partial charge < -0.3 is 0 Å². The van der Waals surface area contributed by atoms with Crippen LogP contribution >= 0.6 is 0 Å². The first-order chi connectivity index (χ1) is 8.47. The highest BCUT2D eigenvalue weighted by atomic mass is 16.2. The lowest BCUT2D eigenvalue weighted by atomic mass is 10.1. The fourth-order valence-corrected chi connectivity index (χ4v) is 2.12. The van der Waals surface area contributed by atoms with E-state index in [2.05, 4.69) is 35.0 Å². The molecule has 0 unspecified atom stereocenters. The third kappa shape index (κ3) is 2.45. The van der Waals surface area contributed by atoms with Gasteiger partial charge in [0.1, 0.15) is 0 Å². The number of rotatable bonds is 2. The molecule has 1 aliphatic rings. The maximum absolute atomic E-state index is 11.7. The van der Waals surface area contributed by atoms with E-state index in [1.165, 1.54) is 10.6 Å². The van der Waals surface area contributed by atoms with Gasteiger partial charge in [0.05, 0.1) is 17.9 Å². The number of urea groups is 1. The highest BCUT2D eigenvalue weighted by Crippen LogP contribution is 2.22. The molecule has 1 aromatic carbocycles. The maximum Gasteiger partial charge on any atom is 0.356 e. The van der Waals surface area contributed by atoms with Crippen LogP contribution in [-0.2, 0) is 0 Å². The molecule has 2 N–H and O–H groups in total. The van der Waals surface area contributed by atoms with Crippen molar-refractivity contribution < 1.29 is 4.79 Å². The van der Waals surface area contributed by atoms with Crippen molar-refractivity contribution in [1.29, 1.82) is 0 Å². The van der Waals surface area contributed by atoms with E-state index in [4.69, 9.17) is 0 Å². The molecule has 1 heterocycles. The van der Waals surface area contributed by atoms with Crippen LogP contribution in [0.5, 0.6) is 0 Å². The highest BCUT2D eigenvalue weighted by molar-refractivity contribution is 5.92. The first kappa shape index (κ1) is 12.4. The number of nitrogens with zero attached hydrogens (tertiary/aromatic N) is 2. The van der Waals surface area contributed by atoms with Crippen molar-refractivity contribution >= 4 is 17.4 Å². The fourth-order valence-electron chi connectivity index (χ4n) is 2.12. The number of hydrazine groups is 1. The largest absolute Gasteiger partial charge is 0.356 e. The zero-order valence-corrected chi connectivity index (χ0v) is 11.2. The molecule has 2 amide bonds. The van der Waals surface area contributed by atoms with Crippen LogP contribution in [0.1, 0.15) is 23.6 Å². The van der Waals surface area contributed by atoms with Crippen molar-refractivity contribution in [1.82, 2.24) is 10.4 Å². The van der Waals surface area contributed by atoms with E-state index < -0.39 is 0 Å². The van der Waals surface area contributed by atoms with Crippen LogP contribution in [-0.4, -0.2) is 23.3 Å². The molecule has 0 bridgehead atoms. The van der Waals surface area contributed by atoms with E-state index >= 15 is 0 Å². The lowest BCUT2D eigenvalue weighted by Crippen LogP contribution is -2.48. The van der Waals surface area contributed by atoms with Crippen molar-refractivity contribution in [3.63, 3.8) is 0 Å².